The second-order valence-corrected chi connectivity index (χ2v) is 6.27. The Balaban J connectivity index is 2.23. The van der Waals surface area contributed by atoms with Gasteiger partial charge in [0.15, 0.2) is 0 Å². The van der Waals surface area contributed by atoms with Crippen LogP contribution in [-0.4, -0.2) is 22.4 Å². The fraction of sp³-hybridized carbons (Fsp3) is 0.438. The van der Waals surface area contributed by atoms with Crippen LogP contribution in [0.4, 0.5) is 18.9 Å². The molecule has 1 aliphatic rings. The van der Waals surface area contributed by atoms with Crippen molar-refractivity contribution < 1.29 is 13.2 Å². The summed E-state index contributed by atoms with van der Waals surface area (Å²) in [4.78, 5) is 0.226. The molecule has 0 saturated heterocycles. The highest BCUT2D eigenvalue weighted by Gasteiger charge is 2.46. The molecule has 1 aromatic rings. The van der Waals surface area contributed by atoms with Gasteiger partial charge in [-0.25, -0.2) is 0 Å². The standard InChI is InChI=1S/C16H17F3N4S/c1-4-11-9(2)10(8-20)5-6-12(11)21-14(24)15(3)7-13(22-23-15)16(17,18)19/h5-6,23H,4,7H2,1-3H3,(H,21,24). The molecule has 0 amide bonds. The van der Waals surface area contributed by atoms with Gasteiger partial charge in [0.25, 0.3) is 0 Å². The van der Waals surface area contributed by atoms with Crippen LogP contribution < -0.4 is 10.7 Å². The van der Waals surface area contributed by atoms with Gasteiger partial charge >= 0.3 is 6.18 Å². The summed E-state index contributed by atoms with van der Waals surface area (Å²) in [7, 11) is 0. The van der Waals surface area contributed by atoms with Gasteiger partial charge in [0.1, 0.15) is 16.2 Å². The average Bonchev–Trinajstić information content (AvgIpc) is 2.92. The van der Waals surface area contributed by atoms with Crippen molar-refractivity contribution in [3.63, 3.8) is 0 Å². The number of halogens is 3. The molecule has 2 rings (SSSR count). The van der Waals surface area contributed by atoms with Crippen LogP contribution in [0, 0.1) is 18.3 Å². The second kappa shape index (κ2) is 6.40. The Labute approximate surface area is 143 Å². The minimum atomic E-state index is -4.47. The van der Waals surface area contributed by atoms with Crippen molar-refractivity contribution in [2.75, 3.05) is 5.32 Å². The molecule has 8 heteroatoms. The molecule has 0 bridgehead atoms. The lowest BCUT2D eigenvalue weighted by molar-refractivity contribution is -0.0601. The number of hydrogen-bond donors (Lipinski definition) is 2. The van der Waals surface area contributed by atoms with Gasteiger partial charge in [-0.15, -0.1) is 0 Å². The fourth-order valence-electron chi connectivity index (χ4n) is 2.61. The van der Waals surface area contributed by atoms with Crippen LogP contribution in [0.1, 0.15) is 37.0 Å². The zero-order chi connectivity index (χ0) is 18.1. The first-order chi connectivity index (χ1) is 11.1. The van der Waals surface area contributed by atoms with E-state index in [9.17, 15) is 13.2 Å². The summed E-state index contributed by atoms with van der Waals surface area (Å²) in [5.74, 6) is 0. The summed E-state index contributed by atoms with van der Waals surface area (Å²) in [6, 6.07) is 5.51. The highest BCUT2D eigenvalue weighted by molar-refractivity contribution is 7.80. The molecule has 128 valence electrons. The van der Waals surface area contributed by atoms with E-state index in [1.54, 1.807) is 19.1 Å². The third-order valence-corrected chi connectivity index (χ3v) is 4.66. The second-order valence-electron chi connectivity index (χ2n) is 5.86. The van der Waals surface area contributed by atoms with Crippen LogP contribution in [0.25, 0.3) is 0 Å². The van der Waals surface area contributed by atoms with Crippen LogP contribution in [-0.2, 0) is 6.42 Å². The molecule has 1 unspecified atom stereocenters. The van der Waals surface area contributed by atoms with Gasteiger partial charge in [0.05, 0.1) is 11.6 Å². The molecule has 1 aromatic carbocycles. The zero-order valence-corrected chi connectivity index (χ0v) is 14.3. The van der Waals surface area contributed by atoms with E-state index in [1.807, 2.05) is 13.8 Å². The number of hydrogen-bond acceptors (Lipinski definition) is 4. The van der Waals surface area contributed by atoms with Crippen LogP contribution in [0.15, 0.2) is 17.2 Å². The largest absolute Gasteiger partial charge is 0.431 e. The Morgan fingerprint density at radius 1 is 1.50 bits per heavy atom. The molecule has 1 atom stereocenters. The first-order valence-corrected chi connectivity index (χ1v) is 7.78. The lowest BCUT2D eigenvalue weighted by Crippen LogP contribution is -2.47. The Bertz CT molecular complexity index is 749. The summed E-state index contributed by atoms with van der Waals surface area (Å²) in [5.41, 5.74) is 3.53. The van der Waals surface area contributed by atoms with Gasteiger partial charge in [-0.05, 0) is 43.5 Å². The number of nitrogens with one attached hydrogen (secondary N) is 2. The maximum absolute atomic E-state index is 12.8. The van der Waals surface area contributed by atoms with Gasteiger partial charge in [0, 0.05) is 12.1 Å². The Hall–Kier alpha value is -2.14. The van der Waals surface area contributed by atoms with E-state index in [1.165, 1.54) is 0 Å². The van der Waals surface area contributed by atoms with E-state index < -0.39 is 17.4 Å². The third-order valence-electron chi connectivity index (χ3n) is 4.11. The summed E-state index contributed by atoms with van der Waals surface area (Å²) < 4.78 is 38.4. The Morgan fingerprint density at radius 3 is 2.67 bits per heavy atom. The molecule has 1 aliphatic heterocycles. The smallest absolute Gasteiger partial charge is 0.348 e. The minimum Gasteiger partial charge on any atom is -0.348 e. The average molecular weight is 354 g/mol. The van der Waals surface area contributed by atoms with Gasteiger partial charge in [-0.3, -0.25) is 5.43 Å². The van der Waals surface area contributed by atoms with E-state index in [0.717, 1.165) is 11.1 Å². The maximum atomic E-state index is 12.8. The van der Waals surface area contributed by atoms with Gasteiger partial charge in [-0.2, -0.15) is 23.5 Å². The minimum absolute atomic E-state index is 0.226. The molecule has 0 aromatic heterocycles. The number of thiocarbonyl (C=S) groups is 1. The fourth-order valence-corrected chi connectivity index (χ4v) is 2.84. The van der Waals surface area contributed by atoms with Crippen LogP contribution in [0.3, 0.4) is 0 Å². The first-order valence-electron chi connectivity index (χ1n) is 7.37. The van der Waals surface area contributed by atoms with E-state index >= 15 is 0 Å². The molecule has 0 saturated carbocycles. The maximum Gasteiger partial charge on any atom is 0.431 e. The molecular weight excluding hydrogens is 337 g/mol. The zero-order valence-electron chi connectivity index (χ0n) is 13.5. The summed E-state index contributed by atoms with van der Waals surface area (Å²) in [5, 5.41) is 15.5. The predicted molar refractivity (Wildman–Crippen MR) is 91.1 cm³/mol. The van der Waals surface area contributed by atoms with Crippen molar-refractivity contribution in [3.8, 4) is 6.07 Å². The molecule has 1 heterocycles. The number of anilines is 1. The number of nitriles is 1. The molecule has 0 aliphatic carbocycles. The third kappa shape index (κ3) is 3.36. The quantitative estimate of drug-likeness (QED) is 0.810. The normalized spacial score (nSPS) is 20.1. The molecule has 0 spiro atoms. The van der Waals surface area contributed by atoms with Crippen molar-refractivity contribution in [2.45, 2.75) is 45.3 Å². The highest BCUT2D eigenvalue weighted by atomic mass is 32.1. The van der Waals surface area contributed by atoms with Crippen molar-refractivity contribution in [3.05, 3.63) is 28.8 Å². The molecule has 2 N–H and O–H groups in total. The number of rotatable bonds is 3. The number of benzene rings is 1. The van der Waals surface area contributed by atoms with Crippen LogP contribution in [0.2, 0.25) is 0 Å². The Kier molecular flexibility index (Phi) is 4.85. The van der Waals surface area contributed by atoms with Gasteiger partial charge < -0.3 is 5.32 Å². The summed E-state index contributed by atoms with van der Waals surface area (Å²) in [6.45, 7) is 5.36. The molecule has 0 radical (unpaired) electrons. The topological polar surface area (TPSA) is 60.2 Å². The summed E-state index contributed by atoms with van der Waals surface area (Å²) >= 11 is 5.32. The predicted octanol–water partition coefficient (Wildman–Crippen LogP) is 3.84. The van der Waals surface area contributed by atoms with Crippen molar-refractivity contribution in [1.82, 2.24) is 5.43 Å². The van der Waals surface area contributed by atoms with Crippen molar-refractivity contribution in [1.29, 1.82) is 5.26 Å². The number of nitrogens with zero attached hydrogens (tertiary/aromatic N) is 2. The molecule has 0 fully saturated rings. The van der Waals surface area contributed by atoms with E-state index in [4.69, 9.17) is 17.5 Å². The lowest BCUT2D eigenvalue weighted by Gasteiger charge is -2.27. The molecule has 4 nitrogen and oxygen atoms in total. The number of hydrazone groups is 1. The highest BCUT2D eigenvalue weighted by Crippen LogP contribution is 2.30. The lowest BCUT2D eigenvalue weighted by atomic mass is 9.95. The van der Waals surface area contributed by atoms with Crippen LogP contribution >= 0.6 is 12.2 Å². The molecule has 24 heavy (non-hydrogen) atoms. The van der Waals surface area contributed by atoms with Crippen molar-refractivity contribution >= 4 is 28.6 Å². The first kappa shape index (κ1) is 18.2. The van der Waals surface area contributed by atoms with E-state index in [0.29, 0.717) is 17.7 Å². The van der Waals surface area contributed by atoms with Gasteiger partial charge in [0.2, 0.25) is 0 Å². The SMILES string of the molecule is CCc1c(NC(=S)C2(C)CC(C(F)(F)F)=NN2)ccc(C#N)c1C. The van der Waals surface area contributed by atoms with Crippen LogP contribution in [0.5, 0.6) is 0 Å². The number of alkyl halides is 3. The van der Waals surface area contributed by atoms with E-state index in [-0.39, 0.29) is 11.4 Å². The van der Waals surface area contributed by atoms with Crippen molar-refractivity contribution in [2.24, 2.45) is 5.10 Å². The monoisotopic (exact) mass is 354 g/mol. The van der Waals surface area contributed by atoms with E-state index in [2.05, 4.69) is 21.9 Å². The summed E-state index contributed by atoms with van der Waals surface area (Å²) in [6.07, 6.45) is -4.14. The molecular formula is C16H17F3N4S. The Morgan fingerprint density at radius 2 is 2.17 bits per heavy atom. The van der Waals surface area contributed by atoms with Gasteiger partial charge in [-0.1, -0.05) is 19.1 Å².